The number of fused-ring (bicyclic) bond motifs is 1. The first-order valence-corrected chi connectivity index (χ1v) is 7.96. The molecular formula is C20H23N3. The van der Waals surface area contributed by atoms with E-state index in [1.165, 1.54) is 27.8 Å². The van der Waals surface area contributed by atoms with Crippen LogP contribution in [0.1, 0.15) is 22.4 Å². The zero-order chi connectivity index (χ0) is 16.4. The predicted molar refractivity (Wildman–Crippen MR) is 97.9 cm³/mol. The Morgan fingerprint density at radius 1 is 1.13 bits per heavy atom. The largest absolute Gasteiger partial charge is 0.364 e. The molecule has 2 heterocycles. The van der Waals surface area contributed by atoms with Gasteiger partial charge in [0.2, 0.25) is 0 Å². The molecule has 0 aliphatic carbocycles. The molecule has 0 saturated carbocycles. The normalized spacial score (nSPS) is 10.9. The Balaban J connectivity index is 1.98. The van der Waals surface area contributed by atoms with Crippen LogP contribution in [0.3, 0.4) is 0 Å². The van der Waals surface area contributed by atoms with Crippen LogP contribution in [0.5, 0.6) is 0 Å². The summed E-state index contributed by atoms with van der Waals surface area (Å²) in [6.07, 6.45) is 3.81. The molecule has 0 unspecified atom stereocenters. The molecule has 118 valence electrons. The summed E-state index contributed by atoms with van der Waals surface area (Å²) < 4.78 is 2.28. The maximum absolute atomic E-state index is 4.57. The zero-order valence-electron chi connectivity index (χ0n) is 14.1. The Morgan fingerprint density at radius 2 is 1.87 bits per heavy atom. The third-order valence-electron chi connectivity index (χ3n) is 4.44. The smallest absolute Gasteiger partial charge is 0.150 e. The Bertz CT molecular complexity index is 841. The number of aromatic nitrogens is 2. The summed E-state index contributed by atoms with van der Waals surface area (Å²) in [7, 11) is 0. The topological polar surface area (TPSA) is 29.9 Å². The average molecular weight is 305 g/mol. The Morgan fingerprint density at radius 3 is 2.57 bits per heavy atom. The van der Waals surface area contributed by atoms with Crippen molar-refractivity contribution in [2.24, 2.45) is 0 Å². The molecule has 2 aromatic heterocycles. The molecular weight excluding hydrogens is 282 g/mol. The number of hydrogen-bond acceptors (Lipinski definition) is 2. The van der Waals surface area contributed by atoms with Crippen molar-refractivity contribution in [3.63, 3.8) is 0 Å². The summed E-state index contributed by atoms with van der Waals surface area (Å²) in [5.74, 6) is 0.932. The van der Waals surface area contributed by atoms with Gasteiger partial charge in [-0.15, -0.1) is 6.58 Å². The zero-order valence-corrected chi connectivity index (χ0v) is 14.1. The van der Waals surface area contributed by atoms with Crippen molar-refractivity contribution in [3.8, 4) is 0 Å². The maximum atomic E-state index is 4.57. The van der Waals surface area contributed by atoms with E-state index < -0.39 is 0 Å². The molecule has 0 fully saturated rings. The van der Waals surface area contributed by atoms with Crippen molar-refractivity contribution in [1.29, 1.82) is 0 Å². The minimum atomic E-state index is 0.768. The van der Waals surface area contributed by atoms with E-state index >= 15 is 0 Å². The number of benzene rings is 1. The van der Waals surface area contributed by atoms with Crippen LogP contribution in [0.25, 0.3) is 10.9 Å². The minimum absolute atomic E-state index is 0.768. The van der Waals surface area contributed by atoms with Crippen LogP contribution >= 0.6 is 0 Å². The standard InChI is InChI=1S/C20H23N3/c1-5-12-23-16(4)15(3)18-10-11-21-20(19(18)23)22-13-17-8-6-14(2)7-9-17/h5-11H,1,12-13H2,2-4H3,(H,21,22). The van der Waals surface area contributed by atoms with E-state index in [1.54, 1.807) is 0 Å². The molecule has 0 spiro atoms. The van der Waals surface area contributed by atoms with Crippen LogP contribution in [0.2, 0.25) is 0 Å². The van der Waals surface area contributed by atoms with Crippen LogP contribution in [-0.2, 0) is 13.1 Å². The van der Waals surface area contributed by atoms with Gasteiger partial charge in [-0.2, -0.15) is 0 Å². The first kappa shape index (κ1) is 15.3. The van der Waals surface area contributed by atoms with Crippen LogP contribution in [0.4, 0.5) is 5.82 Å². The number of hydrogen-bond donors (Lipinski definition) is 1. The fourth-order valence-electron chi connectivity index (χ4n) is 2.97. The Kier molecular flexibility index (Phi) is 4.20. The molecule has 0 aliphatic rings. The molecule has 0 aliphatic heterocycles. The summed E-state index contributed by atoms with van der Waals surface area (Å²) in [4.78, 5) is 4.57. The van der Waals surface area contributed by atoms with Gasteiger partial charge in [-0.25, -0.2) is 4.98 Å². The number of nitrogens with zero attached hydrogens (tertiary/aromatic N) is 2. The third kappa shape index (κ3) is 2.87. The fourth-order valence-corrected chi connectivity index (χ4v) is 2.97. The van der Waals surface area contributed by atoms with E-state index in [2.05, 4.69) is 72.5 Å². The Labute approximate surface area is 137 Å². The van der Waals surface area contributed by atoms with Gasteiger partial charge < -0.3 is 9.88 Å². The molecule has 0 radical (unpaired) electrons. The van der Waals surface area contributed by atoms with E-state index in [4.69, 9.17) is 0 Å². The first-order valence-electron chi connectivity index (χ1n) is 7.96. The molecule has 0 amide bonds. The van der Waals surface area contributed by atoms with Gasteiger partial charge in [0.1, 0.15) is 0 Å². The quantitative estimate of drug-likeness (QED) is 0.689. The number of allylic oxidation sites excluding steroid dienone is 1. The average Bonchev–Trinajstić information content (AvgIpc) is 2.80. The van der Waals surface area contributed by atoms with Crippen molar-refractivity contribution in [3.05, 3.63) is 71.6 Å². The third-order valence-corrected chi connectivity index (χ3v) is 4.44. The molecule has 1 aromatic carbocycles. The second-order valence-corrected chi connectivity index (χ2v) is 6.00. The van der Waals surface area contributed by atoms with Gasteiger partial charge in [0, 0.05) is 30.4 Å². The molecule has 0 bridgehead atoms. The van der Waals surface area contributed by atoms with Crippen LogP contribution in [0, 0.1) is 20.8 Å². The lowest BCUT2D eigenvalue weighted by molar-refractivity contribution is 0.822. The van der Waals surface area contributed by atoms with Gasteiger partial charge in [0.25, 0.3) is 0 Å². The summed E-state index contributed by atoms with van der Waals surface area (Å²) >= 11 is 0. The van der Waals surface area contributed by atoms with Gasteiger partial charge in [0.05, 0.1) is 5.52 Å². The van der Waals surface area contributed by atoms with Crippen molar-refractivity contribution in [2.45, 2.75) is 33.9 Å². The van der Waals surface area contributed by atoms with E-state index in [0.29, 0.717) is 0 Å². The highest BCUT2D eigenvalue weighted by Crippen LogP contribution is 2.29. The van der Waals surface area contributed by atoms with E-state index in [-0.39, 0.29) is 0 Å². The molecule has 3 heteroatoms. The lowest BCUT2D eigenvalue weighted by Crippen LogP contribution is -2.05. The lowest BCUT2D eigenvalue weighted by atomic mass is 10.1. The van der Waals surface area contributed by atoms with E-state index in [9.17, 15) is 0 Å². The van der Waals surface area contributed by atoms with Crippen molar-refractivity contribution in [2.75, 3.05) is 5.32 Å². The van der Waals surface area contributed by atoms with Crippen molar-refractivity contribution >= 4 is 16.7 Å². The number of nitrogens with one attached hydrogen (secondary N) is 1. The molecule has 3 nitrogen and oxygen atoms in total. The predicted octanol–water partition coefficient (Wildman–Crippen LogP) is 4.76. The number of anilines is 1. The minimum Gasteiger partial charge on any atom is -0.364 e. The summed E-state index contributed by atoms with van der Waals surface area (Å²) in [6.45, 7) is 11.9. The maximum Gasteiger partial charge on any atom is 0.150 e. The van der Waals surface area contributed by atoms with E-state index in [1.807, 2.05) is 12.3 Å². The van der Waals surface area contributed by atoms with Gasteiger partial charge in [-0.1, -0.05) is 35.9 Å². The van der Waals surface area contributed by atoms with Crippen molar-refractivity contribution in [1.82, 2.24) is 9.55 Å². The van der Waals surface area contributed by atoms with Crippen LogP contribution in [0.15, 0.2) is 49.2 Å². The number of aryl methyl sites for hydroxylation is 2. The van der Waals surface area contributed by atoms with Crippen LogP contribution < -0.4 is 5.32 Å². The molecule has 3 rings (SSSR count). The summed E-state index contributed by atoms with van der Waals surface area (Å²) in [6, 6.07) is 10.7. The van der Waals surface area contributed by atoms with Gasteiger partial charge in [0.15, 0.2) is 5.82 Å². The molecule has 1 N–H and O–H groups in total. The van der Waals surface area contributed by atoms with Gasteiger partial charge in [-0.05, 0) is 38.0 Å². The van der Waals surface area contributed by atoms with Gasteiger partial charge in [-0.3, -0.25) is 0 Å². The second kappa shape index (κ2) is 6.29. The highest BCUT2D eigenvalue weighted by atomic mass is 15.1. The van der Waals surface area contributed by atoms with Crippen molar-refractivity contribution < 1.29 is 0 Å². The second-order valence-electron chi connectivity index (χ2n) is 6.00. The lowest BCUT2D eigenvalue weighted by Gasteiger charge is -2.11. The highest BCUT2D eigenvalue weighted by molar-refractivity contribution is 5.93. The molecule has 3 aromatic rings. The van der Waals surface area contributed by atoms with Crippen LogP contribution in [-0.4, -0.2) is 9.55 Å². The molecule has 0 atom stereocenters. The Hall–Kier alpha value is -2.55. The number of pyridine rings is 1. The van der Waals surface area contributed by atoms with E-state index in [0.717, 1.165) is 24.4 Å². The summed E-state index contributed by atoms with van der Waals surface area (Å²) in [5.41, 5.74) is 6.27. The highest BCUT2D eigenvalue weighted by Gasteiger charge is 2.14. The SMILES string of the molecule is C=CCn1c(C)c(C)c2ccnc(NCc3ccc(C)cc3)c21. The first-order chi connectivity index (χ1) is 11.1. The monoisotopic (exact) mass is 305 g/mol. The number of rotatable bonds is 5. The fraction of sp³-hybridized carbons (Fsp3) is 0.250. The molecule has 0 saturated heterocycles. The summed E-state index contributed by atoms with van der Waals surface area (Å²) in [5, 5.41) is 4.75. The molecule has 23 heavy (non-hydrogen) atoms. The van der Waals surface area contributed by atoms with Gasteiger partial charge >= 0.3 is 0 Å².